The molecule has 1 aliphatic rings. The van der Waals surface area contributed by atoms with Gasteiger partial charge in [0.2, 0.25) is 5.89 Å². The number of carbonyl (C=O) groups excluding carboxylic acids is 1. The van der Waals surface area contributed by atoms with Crippen molar-refractivity contribution < 1.29 is 17.6 Å². The van der Waals surface area contributed by atoms with E-state index in [1.54, 1.807) is 11.8 Å². The summed E-state index contributed by atoms with van der Waals surface area (Å²) in [5, 5.41) is 0. The maximum absolute atomic E-state index is 13.0. The zero-order chi connectivity index (χ0) is 18.0. The van der Waals surface area contributed by atoms with Gasteiger partial charge in [0.1, 0.15) is 5.76 Å². The molecule has 134 valence electrons. The standard InChI is InChI=1S/C18H22N2O4S/c1-3-10-20(15-9-11-25(22,23)12-15)18(21)16-13(2)24-17(19-16)14-7-5-4-6-8-14/h4-8,15H,3,9-12H2,1-2H3. The van der Waals surface area contributed by atoms with Crippen LogP contribution < -0.4 is 0 Å². The minimum absolute atomic E-state index is 0.0289. The molecule has 0 saturated carbocycles. The Morgan fingerprint density at radius 2 is 2.04 bits per heavy atom. The van der Waals surface area contributed by atoms with E-state index < -0.39 is 9.84 Å². The predicted molar refractivity (Wildman–Crippen MR) is 95.1 cm³/mol. The van der Waals surface area contributed by atoms with Crippen LogP contribution in [0.1, 0.15) is 36.0 Å². The molecule has 3 rings (SSSR count). The SMILES string of the molecule is CCCN(C(=O)c1nc(-c2ccccc2)oc1C)C1CCS(=O)(=O)C1. The molecule has 7 heteroatoms. The van der Waals surface area contributed by atoms with Crippen LogP contribution in [-0.2, 0) is 9.84 Å². The van der Waals surface area contributed by atoms with Crippen LogP contribution >= 0.6 is 0 Å². The first-order chi connectivity index (χ1) is 11.9. The Morgan fingerprint density at radius 3 is 2.64 bits per heavy atom. The summed E-state index contributed by atoms with van der Waals surface area (Å²) in [5.74, 6) is 0.759. The lowest BCUT2D eigenvalue weighted by Gasteiger charge is -2.27. The fraction of sp³-hybridized carbons (Fsp3) is 0.444. The summed E-state index contributed by atoms with van der Waals surface area (Å²) < 4.78 is 29.3. The Morgan fingerprint density at radius 1 is 1.32 bits per heavy atom. The second kappa shape index (κ2) is 7.00. The van der Waals surface area contributed by atoms with E-state index in [1.807, 2.05) is 37.3 Å². The Bertz CT molecular complexity index is 858. The summed E-state index contributed by atoms with van der Waals surface area (Å²) in [4.78, 5) is 19.0. The number of hydrogen-bond donors (Lipinski definition) is 0. The van der Waals surface area contributed by atoms with Crippen molar-refractivity contribution in [2.45, 2.75) is 32.7 Å². The Labute approximate surface area is 147 Å². The number of hydrogen-bond acceptors (Lipinski definition) is 5. The maximum Gasteiger partial charge on any atom is 0.276 e. The summed E-state index contributed by atoms with van der Waals surface area (Å²) in [7, 11) is -3.06. The third-order valence-electron chi connectivity index (χ3n) is 4.39. The molecular formula is C18H22N2O4S. The number of carbonyl (C=O) groups is 1. The molecule has 1 aromatic carbocycles. The summed E-state index contributed by atoms with van der Waals surface area (Å²) in [6.07, 6.45) is 1.24. The third kappa shape index (κ3) is 3.76. The highest BCUT2D eigenvalue weighted by Crippen LogP contribution is 2.25. The molecule has 1 aliphatic heterocycles. The van der Waals surface area contributed by atoms with Crippen LogP contribution in [0.15, 0.2) is 34.7 Å². The van der Waals surface area contributed by atoms with Crippen molar-refractivity contribution in [1.29, 1.82) is 0 Å². The van der Waals surface area contributed by atoms with Crippen LogP contribution in [-0.4, -0.2) is 48.3 Å². The van der Waals surface area contributed by atoms with E-state index in [-0.39, 0.29) is 29.1 Å². The molecule has 1 atom stereocenters. The number of oxazole rings is 1. The summed E-state index contributed by atoms with van der Waals surface area (Å²) in [6.45, 7) is 4.18. The van der Waals surface area contributed by atoms with Crippen LogP contribution in [0.5, 0.6) is 0 Å². The average molecular weight is 362 g/mol. The highest BCUT2D eigenvalue weighted by molar-refractivity contribution is 7.91. The highest BCUT2D eigenvalue weighted by atomic mass is 32.2. The number of amides is 1. The molecular weight excluding hydrogens is 340 g/mol. The van der Waals surface area contributed by atoms with Crippen molar-refractivity contribution >= 4 is 15.7 Å². The first-order valence-corrected chi connectivity index (χ1v) is 10.3. The van der Waals surface area contributed by atoms with Crippen molar-refractivity contribution in [1.82, 2.24) is 9.88 Å². The third-order valence-corrected chi connectivity index (χ3v) is 6.14. The van der Waals surface area contributed by atoms with Gasteiger partial charge in [0.25, 0.3) is 5.91 Å². The van der Waals surface area contributed by atoms with Gasteiger partial charge in [-0.2, -0.15) is 0 Å². The molecule has 25 heavy (non-hydrogen) atoms. The summed E-state index contributed by atoms with van der Waals surface area (Å²) in [5.41, 5.74) is 1.06. The molecule has 1 amide bonds. The Balaban J connectivity index is 1.89. The topological polar surface area (TPSA) is 80.5 Å². The zero-order valence-electron chi connectivity index (χ0n) is 14.4. The van der Waals surface area contributed by atoms with Gasteiger partial charge in [-0.05, 0) is 31.9 Å². The van der Waals surface area contributed by atoms with Gasteiger partial charge in [0.15, 0.2) is 15.5 Å². The second-order valence-electron chi connectivity index (χ2n) is 6.35. The van der Waals surface area contributed by atoms with Gasteiger partial charge in [-0.25, -0.2) is 13.4 Å². The normalized spacial score (nSPS) is 19.0. The van der Waals surface area contributed by atoms with Crippen LogP contribution in [0.2, 0.25) is 0 Å². The molecule has 2 aromatic rings. The van der Waals surface area contributed by atoms with Crippen LogP contribution in [0.25, 0.3) is 11.5 Å². The summed E-state index contributed by atoms with van der Waals surface area (Å²) >= 11 is 0. The van der Waals surface area contributed by atoms with Crippen LogP contribution in [0.3, 0.4) is 0 Å². The number of sulfone groups is 1. The molecule has 1 aromatic heterocycles. The monoisotopic (exact) mass is 362 g/mol. The lowest BCUT2D eigenvalue weighted by molar-refractivity contribution is 0.0690. The first kappa shape index (κ1) is 17.7. The maximum atomic E-state index is 13.0. The Hall–Kier alpha value is -2.15. The van der Waals surface area contributed by atoms with Gasteiger partial charge in [-0.3, -0.25) is 4.79 Å². The van der Waals surface area contributed by atoms with Gasteiger partial charge < -0.3 is 9.32 Å². The van der Waals surface area contributed by atoms with Crippen molar-refractivity contribution in [2.24, 2.45) is 0 Å². The van der Waals surface area contributed by atoms with Gasteiger partial charge in [-0.1, -0.05) is 25.1 Å². The van der Waals surface area contributed by atoms with Crippen molar-refractivity contribution in [3.63, 3.8) is 0 Å². The van der Waals surface area contributed by atoms with E-state index in [0.29, 0.717) is 24.6 Å². The number of rotatable bonds is 5. The van der Waals surface area contributed by atoms with E-state index in [0.717, 1.165) is 12.0 Å². The Kier molecular flexibility index (Phi) is 4.94. The minimum Gasteiger partial charge on any atom is -0.441 e. The smallest absolute Gasteiger partial charge is 0.276 e. The zero-order valence-corrected chi connectivity index (χ0v) is 15.3. The fourth-order valence-electron chi connectivity index (χ4n) is 3.15. The molecule has 0 aliphatic carbocycles. The highest BCUT2D eigenvalue weighted by Gasteiger charge is 2.36. The van der Waals surface area contributed by atoms with Crippen molar-refractivity contribution in [2.75, 3.05) is 18.1 Å². The first-order valence-electron chi connectivity index (χ1n) is 8.45. The van der Waals surface area contributed by atoms with Crippen LogP contribution in [0, 0.1) is 6.92 Å². The lowest BCUT2D eigenvalue weighted by Crippen LogP contribution is -2.42. The minimum atomic E-state index is -3.06. The largest absolute Gasteiger partial charge is 0.441 e. The molecule has 0 radical (unpaired) electrons. The molecule has 1 saturated heterocycles. The van der Waals surface area contributed by atoms with Gasteiger partial charge in [-0.15, -0.1) is 0 Å². The van der Waals surface area contributed by atoms with Gasteiger partial charge in [0.05, 0.1) is 11.5 Å². The van der Waals surface area contributed by atoms with Gasteiger partial charge in [0, 0.05) is 18.2 Å². The van der Waals surface area contributed by atoms with Crippen LogP contribution in [0.4, 0.5) is 0 Å². The van der Waals surface area contributed by atoms with E-state index in [1.165, 1.54) is 0 Å². The van der Waals surface area contributed by atoms with E-state index in [9.17, 15) is 13.2 Å². The van der Waals surface area contributed by atoms with Gasteiger partial charge >= 0.3 is 0 Å². The van der Waals surface area contributed by atoms with Crippen molar-refractivity contribution in [3.8, 4) is 11.5 Å². The number of aryl methyl sites for hydroxylation is 1. The number of aromatic nitrogens is 1. The predicted octanol–water partition coefficient (Wildman–Crippen LogP) is 2.69. The molecule has 2 heterocycles. The van der Waals surface area contributed by atoms with E-state index >= 15 is 0 Å². The number of benzene rings is 1. The lowest BCUT2D eigenvalue weighted by atomic mass is 10.2. The number of nitrogens with zero attached hydrogens (tertiary/aromatic N) is 2. The molecule has 1 fully saturated rings. The molecule has 6 nitrogen and oxygen atoms in total. The quantitative estimate of drug-likeness (QED) is 0.817. The fourth-order valence-corrected chi connectivity index (χ4v) is 4.88. The second-order valence-corrected chi connectivity index (χ2v) is 8.57. The van der Waals surface area contributed by atoms with E-state index in [2.05, 4.69) is 4.98 Å². The van der Waals surface area contributed by atoms with E-state index in [4.69, 9.17) is 4.42 Å². The molecule has 0 N–H and O–H groups in total. The molecule has 1 unspecified atom stereocenters. The van der Waals surface area contributed by atoms with Crippen molar-refractivity contribution in [3.05, 3.63) is 41.8 Å². The molecule has 0 spiro atoms. The summed E-state index contributed by atoms with van der Waals surface area (Å²) in [6, 6.07) is 9.11. The molecule has 0 bridgehead atoms. The average Bonchev–Trinajstić information content (AvgIpc) is 3.15.